The highest BCUT2D eigenvalue weighted by Gasteiger charge is 2.28. The van der Waals surface area contributed by atoms with E-state index in [-0.39, 0.29) is 16.8 Å². The third kappa shape index (κ3) is 5.22. The Morgan fingerprint density at radius 2 is 1.82 bits per heavy atom. The van der Waals surface area contributed by atoms with Crippen LogP contribution in [0.3, 0.4) is 0 Å². The molecule has 1 amide bonds. The third-order valence-corrected chi connectivity index (χ3v) is 4.62. The predicted octanol–water partition coefficient (Wildman–Crippen LogP) is 3.76. The minimum Gasteiger partial charge on any atom is -0.404 e. The van der Waals surface area contributed by atoms with Gasteiger partial charge in [0.1, 0.15) is 23.0 Å². The second-order valence-electron chi connectivity index (χ2n) is 6.88. The summed E-state index contributed by atoms with van der Waals surface area (Å²) in [5, 5.41) is 18.4. The fourth-order valence-electron chi connectivity index (χ4n) is 3.04. The zero-order chi connectivity index (χ0) is 24.3. The van der Waals surface area contributed by atoms with E-state index >= 15 is 0 Å². The van der Waals surface area contributed by atoms with Crippen LogP contribution in [0, 0.1) is 22.5 Å². The van der Waals surface area contributed by atoms with Crippen molar-refractivity contribution in [3.05, 3.63) is 77.4 Å². The van der Waals surface area contributed by atoms with Crippen molar-refractivity contribution in [1.29, 1.82) is 10.8 Å². The van der Waals surface area contributed by atoms with Crippen molar-refractivity contribution >= 4 is 28.7 Å². The highest BCUT2D eigenvalue weighted by Crippen LogP contribution is 2.24. The standard InChI is InChI=1S/C21H17F5N6O/c22-13-2-1-3-14(23)18(13)19(28)12(8-27)11-4-5-16-30-9-15(32(16)10-11)20(29)31-17(33)6-7-21(24,25)26/h1-5,8-10,28H,6-7,27H2,(H2,29,31,33)/b12-8-,28-19?. The van der Waals surface area contributed by atoms with E-state index in [0.29, 0.717) is 5.65 Å². The van der Waals surface area contributed by atoms with E-state index in [2.05, 4.69) is 10.3 Å². The maximum atomic E-state index is 14.1. The topological polar surface area (TPSA) is 120 Å². The molecule has 0 aliphatic heterocycles. The largest absolute Gasteiger partial charge is 0.404 e. The Balaban J connectivity index is 1.91. The molecule has 0 saturated carbocycles. The maximum absolute atomic E-state index is 14.1. The van der Waals surface area contributed by atoms with Crippen LogP contribution in [0.1, 0.15) is 29.7 Å². The number of amides is 1. The van der Waals surface area contributed by atoms with Crippen molar-refractivity contribution < 1.29 is 26.7 Å². The molecule has 3 aromatic rings. The maximum Gasteiger partial charge on any atom is 0.389 e. The zero-order valence-corrected chi connectivity index (χ0v) is 16.8. The molecule has 0 atom stereocenters. The molecule has 12 heteroatoms. The summed E-state index contributed by atoms with van der Waals surface area (Å²) in [6, 6.07) is 6.13. The number of benzene rings is 1. The number of allylic oxidation sites excluding steroid dienone is 1. The van der Waals surface area contributed by atoms with E-state index < -0.39 is 53.7 Å². The number of aromatic nitrogens is 2. The van der Waals surface area contributed by atoms with Crippen LogP contribution in [-0.4, -0.2) is 33.0 Å². The van der Waals surface area contributed by atoms with Gasteiger partial charge in [-0.1, -0.05) is 6.07 Å². The number of hydrogen-bond acceptors (Lipinski definition) is 5. The van der Waals surface area contributed by atoms with Crippen LogP contribution < -0.4 is 11.1 Å². The number of hydrogen-bond donors (Lipinski definition) is 4. The molecule has 2 heterocycles. The molecule has 172 valence electrons. The van der Waals surface area contributed by atoms with Crippen LogP contribution >= 0.6 is 0 Å². The molecule has 0 radical (unpaired) electrons. The monoisotopic (exact) mass is 464 g/mol. The Morgan fingerprint density at radius 1 is 1.15 bits per heavy atom. The van der Waals surface area contributed by atoms with Gasteiger partial charge in [0.05, 0.1) is 23.9 Å². The number of imidazole rings is 1. The second kappa shape index (κ2) is 9.18. The van der Waals surface area contributed by atoms with E-state index in [1.54, 1.807) is 0 Å². The fourth-order valence-corrected chi connectivity index (χ4v) is 3.04. The van der Waals surface area contributed by atoms with Crippen LogP contribution in [-0.2, 0) is 4.79 Å². The zero-order valence-electron chi connectivity index (χ0n) is 16.8. The molecule has 0 unspecified atom stereocenters. The molecule has 7 nitrogen and oxygen atoms in total. The number of rotatable bonds is 6. The summed E-state index contributed by atoms with van der Waals surface area (Å²) in [6.07, 6.45) is -3.09. The van der Waals surface area contributed by atoms with Gasteiger partial charge < -0.3 is 11.1 Å². The Kier molecular flexibility index (Phi) is 6.56. The Morgan fingerprint density at radius 3 is 2.42 bits per heavy atom. The molecular weight excluding hydrogens is 447 g/mol. The van der Waals surface area contributed by atoms with Gasteiger partial charge >= 0.3 is 6.18 Å². The Bertz CT molecular complexity index is 1260. The number of amidine groups is 1. The molecule has 0 aliphatic rings. The molecule has 5 N–H and O–H groups in total. The van der Waals surface area contributed by atoms with Crippen molar-refractivity contribution in [1.82, 2.24) is 14.7 Å². The van der Waals surface area contributed by atoms with Gasteiger partial charge in [-0.2, -0.15) is 13.2 Å². The first-order valence-electron chi connectivity index (χ1n) is 9.40. The number of alkyl halides is 3. The van der Waals surface area contributed by atoms with E-state index in [1.807, 2.05) is 0 Å². The third-order valence-electron chi connectivity index (χ3n) is 4.62. The van der Waals surface area contributed by atoms with E-state index in [1.165, 1.54) is 28.9 Å². The smallest absolute Gasteiger partial charge is 0.389 e. The number of nitrogens with two attached hydrogens (primary N) is 1. The van der Waals surface area contributed by atoms with E-state index in [4.69, 9.17) is 16.6 Å². The number of carbonyl (C=O) groups excluding carboxylic acids is 1. The molecule has 0 fully saturated rings. The summed E-state index contributed by atoms with van der Waals surface area (Å²) >= 11 is 0. The molecule has 0 spiro atoms. The van der Waals surface area contributed by atoms with Gasteiger partial charge in [0.2, 0.25) is 5.91 Å². The first-order chi connectivity index (χ1) is 15.5. The lowest BCUT2D eigenvalue weighted by molar-refractivity contribution is -0.143. The number of nitrogens with one attached hydrogen (secondary N) is 3. The van der Waals surface area contributed by atoms with Gasteiger partial charge in [0.15, 0.2) is 5.84 Å². The van der Waals surface area contributed by atoms with Crippen LogP contribution in [0.2, 0.25) is 0 Å². The van der Waals surface area contributed by atoms with Crippen molar-refractivity contribution in [2.75, 3.05) is 0 Å². The molecule has 33 heavy (non-hydrogen) atoms. The quantitative estimate of drug-likeness (QED) is 0.253. The van der Waals surface area contributed by atoms with E-state index in [9.17, 15) is 26.7 Å². The van der Waals surface area contributed by atoms with Gasteiger partial charge in [-0.05, 0) is 24.3 Å². The van der Waals surface area contributed by atoms with Crippen molar-refractivity contribution in [2.24, 2.45) is 5.73 Å². The van der Waals surface area contributed by atoms with Crippen LogP contribution in [0.4, 0.5) is 22.0 Å². The number of fused-ring (bicyclic) bond motifs is 1. The highest BCUT2D eigenvalue weighted by atomic mass is 19.4. The number of halogens is 5. The first-order valence-corrected chi connectivity index (χ1v) is 9.40. The predicted molar refractivity (Wildman–Crippen MR) is 111 cm³/mol. The Labute approximate surface area is 183 Å². The Hall–Kier alpha value is -4.09. The lowest BCUT2D eigenvalue weighted by Gasteiger charge is -2.12. The molecular formula is C21H17F5N6O. The average Bonchev–Trinajstić information content (AvgIpc) is 3.16. The van der Waals surface area contributed by atoms with Crippen molar-refractivity contribution in [3.8, 4) is 0 Å². The van der Waals surface area contributed by atoms with Gasteiger partial charge in [-0.15, -0.1) is 0 Å². The SMILES string of the molecule is N=C(/C(=C\N)c1ccc2ncc(C(=N)NC(=O)CCC(F)(F)F)n2c1)c1c(F)cccc1F. The first kappa shape index (κ1) is 23.6. The number of carbonyl (C=O) groups is 1. The average molecular weight is 464 g/mol. The normalized spacial score (nSPS) is 12.1. The summed E-state index contributed by atoms with van der Waals surface area (Å²) in [5.41, 5.74) is 5.09. The van der Waals surface area contributed by atoms with Gasteiger partial charge in [-0.3, -0.25) is 20.0 Å². The summed E-state index contributed by atoms with van der Waals surface area (Å²) in [6.45, 7) is 0. The van der Waals surface area contributed by atoms with Crippen LogP contribution in [0.25, 0.3) is 11.2 Å². The molecule has 0 bridgehead atoms. The summed E-state index contributed by atoms with van der Waals surface area (Å²) in [5.74, 6) is -3.40. The number of nitrogens with zero attached hydrogens (tertiary/aromatic N) is 2. The minimum absolute atomic E-state index is 0.0266. The van der Waals surface area contributed by atoms with Gasteiger partial charge in [0.25, 0.3) is 0 Å². The molecule has 0 saturated heterocycles. The highest BCUT2D eigenvalue weighted by molar-refractivity contribution is 6.30. The van der Waals surface area contributed by atoms with Crippen molar-refractivity contribution in [2.45, 2.75) is 19.0 Å². The van der Waals surface area contributed by atoms with Gasteiger partial charge in [0, 0.05) is 30.0 Å². The molecule has 3 rings (SSSR count). The fraction of sp³-hybridized carbons (Fsp3) is 0.143. The second-order valence-corrected chi connectivity index (χ2v) is 6.88. The van der Waals surface area contributed by atoms with Crippen LogP contribution in [0.15, 0.2) is 48.9 Å². The molecule has 1 aromatic carbocycles. The summed E-state index contributed by atoms with van der Waals surface area (Å²) in [7, 11) is 0. The lowest BCUT2D eigenvalue weighted by Crippen LogP contribution is -2.32. The summed E-state index contributed by atoms with van der Waals surface area (Å²) < 4.78 is 66.5. The molecule has 0 aliphatic carbocycles. The minimum atomic E-state index is -4.51. The van der Waals surface area contributed by atoms with E-state index in [0.717, 1.165) is 24.4 Å². The van der Waals surface area contributed by atoms with Crippen molar-refractivity contribution in [3.63, 3.8) is 0 Å². The number of pyridine rings is 1. The lowest BCUT2D eigenvalue weighted by atomic mass is 9.97. The van der Waals surface area contributed by atoms with Crippen LogP contribution in [0.5, 0.6) is 0 Å². The summed E-state index contributed by atoms with van der Waals surface area (Å²) in [4.78, 5) is 15.8. The molecule has 2 aromatic heterocycles. The van der Waals surface area contributed by atoms with Gasteiger partial charge in [-0.25, -0.2) is 13.8 Å².